The molecule has 1 aliphatic rings. The first-order chi connectivity index (χ1) is 11.5. The van der Waals surface area contributed by atoms with Crippen LogP contribution in [0.2, 0.25) is 0 Å². The molecule has 0 aliphatic heterocycles. The number of carbonyl (C=O) groups excluding carboxylic acids is 2. The van der Waals surface area contributed by atoms with Crippen LogP contribution < -0.4 is 5.32 Å². The second-order valence-corrected chi connectivity index (χ2v) is 6.71. The van der Waals surface area contributed by atoms with E-state index in [9.17, 15) is 18.4 Å². The Labute approximate surface area is 141 Å². The van der Waals surface area contributed by atoms with Gasteiger partial charge < -0.3 is 5.32 Å². The third-order valence-electron chi connectivity index (χ3n) is 4.04. The van der Waals surface area contributed by atoms with Crippen LogP contribution in [0.3, 0.4) is 0 Å². The van der Waals surface area contributed by atoms with E-state index in [4.69, 9.17) is 0 Å². The van der Waals surface area contributed by atoms with Gasteiger partial charge in [-0.3, -0.25) is 9.59 Å². The van der Waals surface area contributed by atoms with Crippen LogP contribution >= 0.6 is 11.3 Å². The fraction of sp³-hybridized carbons (Fsp3) is 0.375. The Morgan fingerprint density at radius 2 is 2.00 bits per heavy atom. The fourth-order valence-electron chi connectivity index (χ4n) is 2.48. The molecular weight excluding hydrogens is 336 g/mol. The summed E-state index contributed by atoms with van der Waals surface area (Å²) in [5, 5.41) is 3.92. The molecule has 0 bridgehead atoms. The molecule has 126 valence electrons. The number of thiophene rings is 1. The number of alkyl halides is 2. The van der Waals surface area contributed by atoms with Crippen LogP contribution in [0.25, 0.3) is 0 Å². The monoisotopic (exact) mass is 351 g/mol. The SMILES string of the molecule is O=C(CNC(=O)C(F)F)c1cnc(CC2(c3cccs3)CC2)nc1. The van der Waals surface area contributed by atoms with Crippen LogP contribution in [-0.2, 0) is 16.6 Å². The van der Waals surface area contributed by atoms with E-state index in [2.05, 4.69) is 16.0 Å². The lowest BCUT2D eigenvalue weighted by Gasteiger charge is -2.12. The number of hydrogen-bond acceptors (Lipinski definition) is 5. The average Bonchev–Trinajstić information content (AvgIpc) is 3.13. The molecular formula is C16H15F2N3O2S. The highest BCUT2D eigenvalue weighted by molar-refractivity contribution is 7.10. The number of nitrogens with zero attached hydrogens (tertiary/aromatic N) is 2. The normalized spacial score (nSPS) is 15.3. The third-order valence-corrected chi connectivity index (χ3v) is 5.16. The lowest BCUT2D eigenvalue weighted by atomic mass is 10.00. The number of halogens is 2. The van der Waals surface area contributed by atoms with Gasteiger partial charge in [-0.15, -0.1) is 11.3 Å². The van der Waals surface area contributed by atoms with Gasteiger partial charge in [0.25, 0.3) is 5.91 Å². The first-order valence-electron chi connectivity index (χ1n) is 7.44. The fourth-order valence-corrected chi connectivity index (χ4v) is 3.47. The van der Waals surface area contributed by atoms with Gasteiger partial charge in [-0.2, -0.15) is 8.78 Å². The molecule has 1 saturated carbocycles. The first-order valence-corrected chi connectivity index (χ1v) is 8.32. The van der Waals surface area contributed by atoms with Gasteiger partial charge in [0.05, 0.1) is 12.1 Å². The summed E-state index contributed by atoms with van der Waals surface area (Å²) in [7, 11) is 0. The highest BCUT2D eigenvalue weighted by Gasteiger charge is 2.45. The first kappa shape index (κ1) is 16.6. The molecule has 0 radical (unpaired) electrons. The topological polar surface area (TPSA) is 72.0 Å². The molecule has 1 amide bonds. The molecule has 0 saturated heterocycles. The Morgan fingerprint density at radius 1 is 1.29 bits per heavy atom. The van der Waals surface area contributed by atoms with Gasteiger partial charge in [-0.05, 0) is 24.3 Å². The summed E-state index contributed by atoms with van der Waals surface area (Å²) in [6.07, 6.45) is 2.52. The van der Waals surface area contributed by atoms with E-state index in [0.717, 1.165) is 12.8 Å². The lowest BCUT2D eigenvalue weighted by Crippen LogP contribution is -2.34. The predicted molar refractivity (Wildman–Crippen MR) is 84.3 cm³/mol. The van der Waals surface area contributed by atoms with Crippen molar-refractivity contribution in [2.75, 3.05) is 6.54 Å². The predicted octanol–water partition coefficient (Wildman–Crippen LogP) is 2.38. The van der Waals surface area contributed by atoms with Gasteiger partial charge in [0.1, 0.15) is 5.82 Å². The highest BCUT2D eigenvalue weighted by Crippen LogP contribution is 2.51. The van der Waals surface area contributed by atoms with Crippen molar-refractivity contribution >= 4 is 23.0 Å². The number of rotatable bonds is 7. The van der Waals surface area contributed by atoms with Crippen LogP contribution in [-0.4, -0.2) is 34.6 Å². The number of ketones is 1. The molecule has 0 atom stereocenters. The molecule has 0 unspecified atom stereocenters. The lowest BCUT2D eigenvalue weighted by molar-refractivity contribution is -0.131. The van der Waals surface area contributed by atoms with Crippen LogP contribution in [0.5, 0.6) is 0 Å². The number of nitrogens with one attached hydrogen (secondary N) is 1. The van der Waals surface area contributed by atoms with E-state index in [0.29, 0.717) is 12.2 Å². The summed E-state index contributed by atoms with van der Waals surface area (Å²) in [5.41, 5.74) is 0.305. The minimum absolute atomic E-state index is 0.116. The Bertz CT molecular complexity index is 728. The van der Waals surface area contributed by atoms with Crippen molar-refractivity contribution in [3.63, 3.8) is 0 Å². The Balaban J connectivity index is 1.60. The number of hydrogen-bond donors (Lipinski definition) is 1. The number of Topliss-reactive ketones (excluding diaryl/α,β-unsaturated/α-hetero) is 1. The maximum absolute atomic E-state index is 12.1. The molecule has 8 heteroatoms. The van der Waals surface area contributed by atoms with Crippen molar-refractivity contribution in [2.45, 2.75) is 31.1 Å². The summed E-state index contributed by atoms with van der Waals surface area (Å²) < 4.78 is 24.1. The number of amides is 1. The summed E-state index contributed by atoms with van der Waals surface area (Å²) >= 11 is 1.72. The summed E-state index contributed by atoms with van der Waals surface area (Å²) in [4.78, 5) is 32.3. The molecule has 1 aliphatic carbocycles. The zero-order chi connectivity index (χ0) is 17.2. The van der Waals surface area contributed by atoms with Gasteiger partial charge in [-0.25, -0.2) is 9.97 Å². The van der Waals surface area contributed by atoms with E-state index in [1.165, 1.54) is 17.3 Å². The minimum atomic E-state index is -3.14. The zero-order valence-corrected chi connectivity index (χ0v) is 13.5. The second-order valence-electron chi connectivity index (χ2n) is 5.76. The van der Waals surface area contributed by atoms with Crippen LogP contribution in [0.15, 0.2) is 29.9 Å². The molecule has 5 nitrogen and oxygen atoms in total. The Hall–Kier alpha value is -2.22. The van der Waals surface area contributed by atoms with Crippen molar-refractivity contribution in [1.29, 1.82) is 0 Å². The van der Waals surface area contributed by atoms with Crippen LogP contribution in [0.4, 0.5) is 8.78 Å². The molecule has 2 aromatic rings. The quantitative estimate of drug-likeness (QED) is 0.778. The van der Waals surface area contributed by atoms with Crippen LogP contribution in [0.1, 0.15) is 33.9 Å². The Morgan fingerprint density at radius 3 is 2.54 bits per heavy atom. The van der Waals surface area contributed by atoms with Crippen molar-refractivity contribution in [3.05, 3.63) is 46.2 Å². The van der Waals surface area contributed by atoms with Crippen molar-refractivity contribution in [1.82, 2.24) is 15.3 Å². The zero-order valence-electron chi connectivity index (χ0n) is 12.7. The third kappa shape index (κ3) is 3.64. The molecule has 24 heavy (non-hydrogen) atoms. The second kappa shape index (κ2) is 6.72. The summed E-state index contributed by atoms with van der Waals surface area (Å²) in [5.74, 6) is -1.32. The van der Waals surface area contributed by atoms with E-state index >= 15 is 0 Å². The maximum atomic E-state index is 12.1. The molecule has 0 aromatic carbocycles. The van der Waals surface area contributed by atoms with Gasteiger partial charge in [0.15, 0.2) is 5.78 Å². The minimum Gasteiger partial charge on any atom is -0.344 e. The van der Waals surface area contributed by atoms with Crippen molar-refractivity contribution < 1.29 is 18.4 Å². The number of carbonyl (C=O) groups is 2. The average molecular weight is 351 g/mol. The smallest absolute Gasteiger partial charge is 0.315 e. The maximum Gasteiger partial charge on any atom is 0.315 e. The molecule has 3 rings (SSSR count). The Kier molecular flexibility index (Phi) is 4.66. The molecule has 2 aromatic heterocycles. The summed E-state index contributed by atoms with van der Waals surface area (Å²) in [6.45, 7) is -0.495. The van der Waals surface area contributed by atoms with E-state index in [1.54, 1.807) is 11.3 Å². The van der Waals surface area contributed by atoms with Gasteiger partial charge in [0, 0.05) is 29.1 Å². The van der Waals surface area contributed by atoms with E-state index in [1.807, 2.05) is 16.8 Å². The summed E-state index contributed by atoms with van der Waals surface area (Å²) in [6, 6.07) is 4.14. The number of aromatic nitrogens is 2. The highest BCUT2D eigenvalue weighted by atomic mass is 32.1. The van der Waals surface area contributed by atoms with Crippen LogP contribution in [0, 0.1) is 0 Å². The van der Waals surface area contributed by atoms with E-state index in [-0.39, 0.29) is 11.0 Å². The van der Waals surface area contributed by atoms with Gasteiger partial charge in [0.2, 0.25) is 0 Å². The largest absolute Gasteiger partial charge is 0.344 e. The van der Waals surface area contributed by atoms with Crippen molar-refractivity contribution in [3.8, 4) is 0 Å². The standard InChI is InChI=1S/C16H15F2N3O2S/c17-14(18)15(23)21-9-11(22)10-7-19-13(20-8-10)6-16(3-4-16)12-2-1-5-24-12/h1-2,5,7-8,14H,3-4,6,9H2,(H,21,23). The van der Waals surface area contributed by atoms with Gasteiger partial charge >= 0.3 is 6.43 Å². The molecule has 0 spiro atoms. The van der Waals surface area contributed by atoms with Gasteiger partial charge in [-0.1, -0.05) is 6.07 Å². The molecule has 1 N–H and O–H groups in total. The van der Waals surface area contributed by atoms with Crippen molar-refractivity contribution in [2.24, 2.45) is 0 Å². The van der Waals surface area contributed by atoms with E-state index < -0.39 is 24.7 Å². The molecule has 2 heterocycles. The molecule has 1 fully saturated rings.